The quantitative estimate of drug-likeness (QED) is 0.661. The molecule has 1 aromatic heterocycles. The lowest BCUT2D eigenvalue weighted by molar-refractivity contribution is -0.0804. The van der Waals surface area contributed by atoms with Gasteiger partial charge >= 0.3 is 0 Å². The number of methoxy groups -OCH3 is 3. The maximum absolute atomic E-state index is 13.4. The fourth-order valence-electron chi connectivity index (χ4n) is 4.39. The molecule has 2 aliphatic rings. The first-order valence-corrected chi connectivity index (χ1v) is 11.1. The van der Waals surface area contributed by atoms with Gasteiger partial charge in [-0.05, 0) is 38.5 Å². The van der Waals surface area contributed by atoms with Crippen molar-refractivity contribution in [2.24, 2.45) is 0 Å². The number of aromatic nitrogens is 3. The van der Waals surface area contributed by atoms with E-state index in [0.717, 1.165) is 5.56 Å². The van der Waals surface area contributed by atoms with Gasteiger partial charge in [0.25, 0.3) is 5.91 Å². The molecule has 2 aliphatic heterocycles. The van der Waals surface area contributed by atoms with Crippen molar-refractivity contribution in [3.05, 3.63) is 23.5 Å². The minimum atomic E-state index is -0.407. The monoisotopic (exact) mass is 448 g/mol. The van der Waals surface area contributed by atoms with E-state index in [2.05, 4.69) is 28.8 Å². The highest BCUT2D eigenvalue weighted by molar-refractivity contribution is 8.00. The van der Waals surface area contributed by atoms with Crippen molar-refractivity contribution in [1.82, 2.24) is 19.7 Å². The normalized spacial score (nSPS) is 24.7. The molecule has 2 aromatic rings. The van der Waals surface area contributed by atoms with Crippen molar-refractivity contribution in [1.29, 1.82) is 0 Å². The van der Waals surface area contributed by atoms with Gasteiger partial charge in [-0.25, -0.2) is 4.98 Å². The fraction of sp³-hybridized carbons (Fsp3) is 0.571. The average molecular weight is 449 g/mol. The van der Waals surface area contributed by atoms with Crippen molar-refractivity contribution in [3.63, 3.8) is 0 Å². The van der Waals surface area contributed by atoms with Crippen molar-refractivity contribution in [3.8, 4) is 17.2 Å². The summed E-state index contributed by atoms with van der Waals surface area (Å²) in [5, 5.41) is 4.51. The van der Waals surface area contributed by atoms with E-state index < -0.39 is 5.25 Å². The number of carbonyl (C=O) groups excluding carboxylic acids is 1. The van der Waals surface area contributed by atoms with E-state index in [1.54, 1.807) is 28.3 Å². The second kappa shape index (κ2) is 8.68. The molecule has 31 heavy (non-hydrogen) atoms. The molecule has 1 aromatic carbocycles. The van der Waals surface area contributed by atoms with Crippen molar-refractivity contribution in [2.75, 3.05) is 34.4 Å². The number of thioether (sulfide) groups is 1. The molecule has 1 fully saturated rings. The maximum atomic E-state index is 13.4. The highest BCUT2D eigenvalue weighted by Crippen LogP contribution is 2.46. The third kappa shape index (κ3) is 3.99. The topological polar surface area (TPSA) is 87.9 Å². The van der Waals surface area contributed by atoms with Crippen LogP contribution in [-0.4, -0.2) is 77.4 Å². The summed E-state index contributed by atoms with van der Waals surface area (Å²) < 4.78 is 24.0. The van der Waals surface area contributed by atoms with Gasteiger partial charge in [-0.15, -0.1) is 5.10 Å². The number of nitrogens with zero attached hydrogens (tertiary/aromatic N) is 4. The Hall–Kier alpha value is -2.30. The zero-order chi connectivity index (χ0) is 22.3. The summed E-state index contributed by atoms with van der Waals surface area (Å²) in [5.41, 5.74) is 0.907. The van der Waals surface area contributed by atoms with Crippen LogP contribution in [-0.2, 0) is 4.74 Å². The lowest BCUT2D eigenvalue weighted by Crippen LogP contribution is -2.50. The van der Waals surface area contributed by atoms with E-state index in [1.165, 1.54) is 16.4 Å². The number of morpholine rings is 1. The van der Waals surface area contributed by atoms with Crippen LogP contribution in [0.25, 0.3) is 0 Å². The smallest absolute Gasteiger partial charge is 0.264 e. The number of benzene rings is 1. The number of fused-ring (bicyclic) bond motifs is 1. The molecule has 0 amide bonds. The molecule has 10 heteroatoms. The standard InChI is InChI=1S/C21H28N4O5S/c1-11-9-24(10-12(2)30-11)17(19-20(26)25-21(31-19)22-13(3)23-25)14-7-15(27-4)18(29-6)16(8-14)28-5/h7-8,11-12,17,19H,9-10H2,1-6H3. The molecule has 3 heterocycles. The largest absolute Gasteiger partial charge is 0.493 e. The third-order valence-corrected chi connectivity index (χ3v) is 6.71. The third-order valence-electron chi connectivity index (χ3n) is 5.52. The van der Waals surface area contributed by atoms with Crippen LogP contribution in [0.1, 0.15) is 36.1 Å². The van der Waals surface area contributed by atoms with Gasteiger partial charge in [-0.2, -0.15) is 4.68 Å². The number of hydrogen-bond acceptors (Lipinski definition) is 9. The Morgan fingerprint density at radius 3 is 2.23 bits per heavy atom. The van der Waals surface area contributed by atoms with E-state index in [9.17, 15) is 4.79 Å². The lowest BCUT2D eigenvalue weighted by atomic mass is 9.98. The predicted octanol–water partition coefficient (Wildman–Crippen LogP) is 2.58. The minimum Gasteiger partial charge on any atom is -0.493 e. The Kier molecular flexibility index (Phi) is 6.14. The van der Waals surface area contributed by atoms with Gasteiger partial charge in [0.1, 0.15) is 11.1 Å². The molecule has 0 radical (unpaired) electrons. The molecule has 1 saturated heterocycles. The molecule has 0 N–H and O–H groups in total. The van der Waals surface area contributed by atoms with Gasteiger partial charge in [0, 0.05) is 13.1 Å². The Balaban J connectivity index is 1.80. The van der Waals surface area contributed by atoms with E-state index in [-0.39, 0.29) is 24.2 Å². The van der Waals surface area contributed by atoms with E-state index in [0.29, 0.717) is 41.3 Å². The molecule has 168 valence electrons. The van der Waals surface area contributed by atoms with Gasteiger partial charge in [0.05, 0.1) is 39.6 Å². The highest BCUT2D eigenvalue weighted by Gasteiger charge is 2.44. The summed E-state index contributed by atoms with van der Waals surface area (Å²) in [6.45, 7) is 7.29. The van der Waals surface area contributed by atoms with Gasteiger partial charge in [-0.1, -0.05) is 11.8 Å². The lowest BCUT2D eigenvalue weighted by Gasteiger charge is -2.41. The van der Waals surface area contributed by atoms with Crippen LogP contribution < -0.4 is 14.2 Å². The van der Waals surface area contributed by atoms with Crippen molar-refractivity contribution in [2.45, 2.75) is 49.4 Å². The maximum Gasteiger partial charge on any atom is 0.264 e. The molecule has 0 aliphatic carbocycles. The van der Waals surface area contributed by atoms with Crippen LogP contribution >= 0.6 is 11.8 Å². The summed E-state index contributed by atoms with van der Waals surface area (Å²) in [5.74, 6) is 2.14. The van der Waals surface area contributed by atoms with Gasteiger partial charge < -0.3 is 18.9 Å². The molecule has 0 spiro atoms. The molecular formula is C21H28N4O5S. The molecule has 4 rings (SSSR count). The molecule has 0 saturated carbocycles. The van der Waals surface area contributed by atoms with Crippen LogP contribution in [0.5, 0.6) is 17.2 Å². The first-order chi connectivity index (χ1) is 14.9. The Morgan fingerprint density at radius 1 is 1.10 bits per heavy atom. The molecule has 9 nitrogen and oxygen atoms in total. The second-order valence-corrected chi connectivity index (χ2v) is 8.95. The fourth-order valence-corrected chi connectivity index (χ4v) is 5.69. The Morgan fingerprint density at radius 2 is 1.71 bits per heavy atom. The summed E-state index contributed by atoms with van der Waals surface area (Å²) >= 11 is 1.45. The second-order valence-electron chi connectivity index (χ2n) is 7.84. The zero-order valence-electron chi connectivity index (χ0n) is 18.6. The number of aryl methyl sites for hydroxylation is 1. The van der Waals surface area contributed by atoms with E-state index in [4.69, 9.17) is 18.9 Å². The number of hydrogen-bond donors (Lipinski definition) is 0. The summed E-state index contributed by atoms with van der Waals surface area (Å²) in [7, 11) is 4.76. The molecule has 0 bridgehead atoms. The number of ether oxygens (including phenoxy) is 4. The van der Waals surface area contributed by atoms with Crippen LogP contribution in [0.2, 0.25) is 0 Å². The molecule has 4 atom stereocenters. The Bertz CT molecular complexity index is 946. The number of rotatable bonds is 6. The summed E-state index contributed by atoms with van der Waals surface area (Å²) in [4.78, 5) is 20.1. The molecular weight excluding hydrogens is 420 g/mol. The molecule has 4 unspecified atom stereocenters. The van der Waals surface area contributed by atoms with Crippen LogP contribution in [0, 0.1) is 6.92 Å². The average Bonchev–Trinajstić information content (AvgIpc) is 3.24. The predicted molar refractivity (Wildman–Crippen MR) is 115 cm³/mol. The zero-order valence-corrected chi connectivity index (χ0v) is 19.4. The Labute approximate surface area is 186 Å². The number of carbonyl (C=O) groups is 1. The van der Waals surface area contributed by atoms with E-state index >= 15 is 0 Å². The van der Waals surface area contributed by atoms with Crippen LogP contribution in [0.4, 0.5) is 0 Å². The highest BCUT2D eigenvalue weighted by atomic mass is 32.2. The minimum absolute atomic E-state index is 0.0483. The summed E-state index contributed by atoms with van der Waals surface area (Å²) in [6.07, 6.45) is 0.0967. The van der Waals surface area contributed by atoms with Gasteiger partial charge in [-0.3, -0.25) is 9.69 Å². The van der Waals surface area contributed by atoms with Crippen LogP contribution in [0.3, 0.4) is 0 Å². The van der Waals surface area contributed by atoms with E-state index in [1.807, 2.05) is 12.1 Å². The van der Waals surface area contributed by atoms with Crippen LogP contribution in [0.15, 0.2) is 17.3 Å². The summed E-state index contributed by atoms with van der Waals surface area (Å²) in [6, 6.07) is 3.60. The van der Waals surface area contributed by atoms with Gasteiger partial charge in [0.15, 0.2) is 16.7 Å². The van der Waals surface area contributed by atoms with Crippen molar-refractivity contribution >= 4 is 17.7 Å². The first kappa shape index (κ1) is 21.9. The van der Waals surface area contributed by atoms with Gasteiger partial charge in [0.2, 0.25) is 5.75 Å². The SMILES string of the molecule is COc1cc(C(C2Sc3nc(C)nn3C2=O)N2CC(C)OC(C)C2)cc(OC)c1OC. The van der Waals surface area contributed by atoms with Crippen molar-refractivity contribution < 1.29 is 23.7 Å². The first-order valence-electron chi connectivity index (χ1n) is 10.2.